The largest absolute Gasteiger partial charge is 0.477 e. The number of thiazole rings is 1. The van der Waals surface area contributed by atoms with Crippen LogP contribution in [0.25, 0.3) is 0 Å². The van der Waals surface area contributed by atoms with Gasteiger partial charge in [-0.2, -0.15) is 0 Å². The van der Waals surface area contributed by atoms with Gasteiger partial charge >= 0.3 is 5.97 Å². The van der Waals surface area contributed by atoms with Crippen LogP contribution in [0.3, 0.4) is 0 Å². The van der Waals surface area contributed by atoms with Crippen molar-refractivity contribution in [3.63, 3.8) is 0 Å². The molecule has 4 heteroatoms. The summed E-state index contributed by atoms with van der Waals surface area (Å²) in [7, 11) is 0. The van der Waals surface area contributed by atoms with E-state index in [2.05, 4.69) is 4.98 Å². The van der Waals surface area contributed by atoms with Crippen LogP contribution < -0.4 is 0 Å². The molecule has 0 atom stereocenters. The second-order valence-corrected chi connectivity index (χ2v) is 5.71. The molecule has 3 nitrogen and oxygen atoms in total. The maximum absolute atomic E-state index is 11.1. The summed E-state index contributed by atoms with van der Waals surface area (Å²) in [6.45, 7) is 1.97. The average molecular weight is 253 g/mol. The van der Waals surface area contributed by atoms with Gasteiger partial charge in [-0.25, -0.2) is 9.78 Å². The van der Waals surface area contributed by atoms with E-state index in [1.807, 2.05) is 6.92 Å². The van der Waals surface area contributed by atoms with Gasteiger partial charge in [-0.15, -0.1) is 11.3 Å². The van der Waals surface area contributed by atoms with Crippen LogP contribution in [0, 0.1) is 0 Å². The number of hydrogen-bond acceptors (Lipinski definition) is 3. The smallest absolute Gasteiger partial charge is 0.347 e. The van der Waals surface area contributed by atoms with Crippen LogP contribution in [-0.2, 0) is 6.42 Å². The lowest BCUT2D eigenvalue weighted by molar-refractivity contribution is 0.0701. The molecule has 0 unspecified atom stereocenters. The molecule has 0 spiro atoms. The topological polar surface area (TPSA) is 50.2 Å². The normalized spacial score (nSPS) is 17.9. The number of carboxylic acids is 1. The van der Waals surface area contributed by atoms with Crippen LogP contribution in [0.15, 0.2) is 0 Å². The van der Waals surface area contributed by atoms with Crippen molar-refractivity contribution in [1.29, 1.82) is 0 Å². The highest BCUT2D eigenvalue weighted by Crippen LogP contribution is 2.35. The molecule has 1 aromatic rings. The summed E-state index contributed by atoms with van der Waals surface area (Å²) in [5, 5.41) is 10.2. The van der Waals surface area contributed by atoms with Crippen molar-refractivity contribution in [1.82, 2.24) is 4.98 Å². The van der Waals surface area contributed by atoms with Crippen molar-refractivity contribution in [3.8, 4) is 0 Å². The van der Waals surface area contributed by atoms with Gasteiger partial charge in [-0.3, -0.25) is 0 Å². The molecule has 2 rings (SSSR count). The molecular formula is C13H19NO2S. The Kier molecular flexibility index (Phi) is 4.15. The van der Waals surface area contributed by atoms with Crippen molar-refractivity contribution < 1.29 is 9.90 Å². The number of aromatic nitrogens is 1. The van der Waals surface area contributed by atoms with E-state index in [1.54, 1.807) is 0 Å². The molecule has 1 aliphatic carbocycles. The van der Waals surface area contributed by atoms with Gasteiger partial charge in [-0.1, -0.05) is 32.6 Å². The molecule has 0 saturated heterocycles. The van der Waals surface area contributed by atoms with E-state index < -0.39 is 5.97 Å². The molecule has 0 aromatic carbocycles. The molecule has 17 heavy (non-hydrogen) atoms. The molecule has 0 radical (unpaired) electrons. The molecule has 1 fully saturated rings. The first-order chi connectivity index (χ1) is 8.22. The van der Waals surface area contributed by atoms with Crippen LogP contribution in [0.2, 0.25) is 0 Å². The van der Waals surface area contributed by atoms with E-state index in [-0.39, 0.29) is 0 Å². The number of nitrogens with zero attached hydrogens (tertiary/aromatic N) is 1. The van der Waals surface area contributed by atoms with Crippen LogP contribution in [0.5, 0.6) is 0 Å². The SMILES string of the molecule is CCc1nc(C2CCCCCC2)sc1C(=O)O. The van der Waals surface area contributed by atoms with Gasteiger partial charge in [-0.05, 0) is 19.3 Å². The monoisotopic (exact) mass is 253 g/mol. The van der Waals surface area contributed by atoms with E-state index in [0.29, 0.717) is 17.2 Å². The minimum Gasteiger partial charge on any atom is -0.477 e. The number of aromatic carboxylic acids is 1. The van der Waals surface area contributed by atoms with E-state index in [1.165, 1.54) is 49.9 Å². The molecule has 0 aliphatic heterocycles. The van der Waals surface area contributed by atoms with Crippen LogP contribution >= 0.6 is 11.3 Å². The molecule has 1 aromatic heterocycles. The lowest BCUT2D eigenvalue weighted by Gasteiger charge is -2.09. The molecule has 1 aliphatic rings. The van der Waals surface area contributed by atoms with Crippen LogP contribution in [-0.4, -0.2) is 16.1 Å². The summed E-state index contributed by atoms with van der Waals surface area (Å²) < 4.78 is 0. The highest BCUT2D eigenvalue weighted by molar-refractivity contribution is 7.13. The third kappa shape index (κ3) is 2.86. The summed E-state index contributed by atoms with van der Waals surface area (Å²) in [5.41, 5.74) is 0.766. The van der Waals surface area contributed by atoms with Gasteiger partial charge in [0.1, 0.15) is 4.88 Å². The zero-order valence-corrected chi connectivity index (χ0v) is 11.1. The lowest BCUT2D eigenvalue weighted by atomic mass is 10.0. The Hall–Kier alpha value is -0.900. The molecule has 0 amide bonds. The van der Waals surface area contributed by atoms with E-state index in [0.717, 1.165) is 10.7 Å². The second-order valence-electron chi connectivity index (χ2n) is 4.68. The standard InChI is InChI=1S/C13H19NO2S/c1-2-10-11(13(15)16)17-12(14-10)9-7-5-3-4-6-8-9/h9H,2-8H2,1H3,(H,15,16). The maximum atomic E-state index is 11.1. The minimum absolute atomic E-state index is 0.451. The number of hydrogen-bond donors (Lipinski definition) is 1. The van der Waals surface area contributed by atoms with Crippen LogP contribution in [0.1, 0.15) is 71.7 Å². The summed E-state index contributed by atoms with van der Waals surface area (Å²) in [6.07, 6.45) is 8.21. The van der Waals surface area contributed by atoms with Crippen molar-refractivity contribution in [3.05, 3.63) is 15.6 Å². The fourth-order valence-electron chi connectivity index (χ4n) is 2.48. The minimum atomic E-state index is -0.820. The Labute approximate surface area is 106 Å². The Morgan fingerprint density at radius 1 is 1.35 bits per heavy atom. The Bertz CT molecular complexity index is 392. The van der Waals surface area contributed by atoms with E-state index in [9.17, 15) is 4.79 Å². The number of carbonyl (C=O) groups is 1. The summed E-state index contributed by atoms with van der Waals surface area (Å²) in [6, 6.07) is 0. The van der Waals surface area contributed by atoms with Crippen molar-refractivity contribution in [2.75, 3.05) is 0 Å². The zero-order valence-electron chi connectivity index (χ0n) is 10.2. The highest BCUT2D eigenvalue weighted by Gasteiger charge is 2.22. The number of aryl methyl sites for hydroxylation is 1. The van der Waals surface area contributed by atoms with E-state index >= 15 is 0 Å². The summed E-state index contributed by atoms with van der Waals surface area (Å²) >= 11 is 1.40. The van der Waals surface area contributed by atoms with Gasteiger partial charge in [0, 0.05) is 5.92 Å². The fourth-order valence-corrected chi connectivity index (χ4v) is 3.64. The van der Waals surface area contributed by atoms with Gasteiger partial charge in [0.2, 0.25) is 0 Å². The molecule has 1 saturated carbocycles. The Balaban J connectivity index is 2.22. The second kappa shape index (κ2) is 5.63. The van der Waals surface area contributed by atoms with Crippen LogP contribution in [0.4, 0.5) is 0 Å². The quantitative estimate of drug-likeness (QED) is 0.833. The zero-order chi connectivity index (χ0) is 12.3. The molecular weight excluding hydrogens is 234 g/mol. The average Bonchev–Trinajstić information content (AvgIpc) is 2.57. The number of carboxylic acid groups (broad SMARTS) is 1. The lowest BCUT2D eigenvalue weighted by Crippen LogP contribution is -1.98. The van der Waals surface area contributed by atoms with Gasteiger partial charge < -0.3 is 5.11 Å². The first-order valence-electron chi connectivity index (χ1n) is 6.45. The molecule has 1 N–H and O–H groups in total. The molecule has 0 bridgehead atoms. The molecule has 94 valence electrons. The van der Waals surface area contributed by atoms with Crippen molar-refractivity contribution >= 4 is 17.3 Å². The Morgan fingerprint density at radius 2 is 2.00 bits per heavy atom. The first-order valence-corrected chi connectivity index (χ1v) is 7.27. The van der Waals surface area contributed by atoms with Gasteiger partial charge in [0.05, 0.1) is 10.7 Å². The van der Waals surface area contributed by atoms with E-state index in [4.69, 9.17) is 5.11 Å². The number of rotatable bonds is 3. The van der Waals surface area contributed by atoms with Gasteiger partial charge in [0.15, 0.2) is 0 Å². The van der Waals surface area contributed by atoms with Crippen molar-refractivity contribution in [2.45, 2.75) is 57.8 Å². The highest BCUT2D eigenvalue weighted by atomic mass is 32.1. The predicted octanol–water partition coefficient (Wildman–Crippen LogP) is 3.84. The van der Waals surface area contributed by atoms with Crippen molar-refractivity contribution in [2.24, 2.45) is 0 Å². The third-order valence-corrected chi connectivity index (χ3v) is 4.70. The maximum Gasteiger partial charge on any atom is 0.347 e. The fraction of sp³-hybridized carbons (Fsp3) is 0.692. The third-order valence-electron chi connectivity index (χ3n) is 3.45. The first kappa shape index (κ1) is 12.6. The summed E-state index contributed by atoms with van der Waals surface area (Å²) in [5.74, 6) is -0.319. The molecule has 1 heterocycles. The van der Waals surface area contributed by atoms with Gasteiger partial charge in [0.25, 0.3) is 0 Å². The Morgan fingerprint density at radius 3 is 2.47 bits per heavy atom. The summed E-state index contributed by atoms with van der Waals surface area (Å²) in [4.78, 5) is 16.1. The predicted molar refractivity (Wildman–Crippen MR) is 68.9 cm³/mol.